The average Bonchev–Trinajstić information content (AvgIpc) is 2.84. The van der Waals surface area contributed by atoms with Gasteiger partial charge in [-0.15, -0.1) is 10.2 Å². The monoisotopic (exact) mass is 258 g/mol. The number of rotatable bonds is 3. The maximum absolute atomic E-state index is 11.5. The van der Waals surface area contributed by atoms with Gasteiger partial charge < -0.3 is 9.84 Å². The summed E-state index contributed by atoms with van der Waals surface area (Å²) in [4.78, 5) is 11.5. The summed E-state index contributed by atoms with van der Waals surface area (Å²) in [7, 11) is 0. The quantitative estimate of drug-likeness (QED) is 0.900. The van der Waals surface area contributed by atoms with Gasteiger partial charge in [0.05, 0.1) is 6.54 Å². The first kappa shape index (κ1) is 11.0. The van der Waals surface area contributed by atoms with Crippen molar-refractivity contribution in [2.75, 3.05) is 0 Å². The summed E-state index contributed by atoms with van der Waals surface area (Å²) in [6.07, 6.45) is 0. The molecule has 8 heteroatoms. The minimum Gasteiger partial charge on any atom is -0.361 e. The fourth-order valence-corrected chi connectivity index (χ4v) is 1.79. The van der Waals surface area contributed by atoms with E-state index in [1.165, 1.54) is 0 Å². The highest BCUT2D eigenvalue weighted by atomic mass is 35.5. The van der Waals surface area contributed by atoms with Crippen molar-refractivity contribution in [2.24, 2.45) is 0 Å². The van der Waals surface area contributed by atoms with Crippen molar-refractivity contribution in [3.8, 4) is 0 Å². The Labute approximate surface area is 99.6 Å². The van der Waals surface area contributed by atoms with Crippen molar-refractivity contribution in [1.29, 1.82) is 0 Å². The van der Waals surface area contributed by atoms with Crippen LogP contribution in [0.25, 0.3) is 0 Å². The molecule has 0 saturated carbocycles. The fraction of sp³-hybridized carbons (Fsp3) is 0.250. The van der Waals surface area contributed by atoms with Gasteiger partial charge in [0.25, 0.3) is 5.91 Å². The molecule has 2 heterocycles. The Morgan fingerprint density at radius 3 is 3.00 bits per heavy atom. The van der Waals surface area contributed by atoms with Crippen molar-refractivity contribution in [3.05, 3.63) is 27.0 Å². The van der Waals surface area contributed by atoms with E-state index in [-0.39, 0.29) is 21.9 Å². The predicted molar refractivity (Wildman–Crippen MR) is 57.3 cm³/mol. The van der Waals surface area contributed by atoms with Crippen LogP contribution >= 0.6 is 22.9 Å². The molecule has 84 valence electrons. The van der Waals surface area contributed by atoms with Crippen LogP contribution in [0.1, 0.15) is 21.3 Å². The lowest BCUT2D eigenvalue weighted by molar-refractivity contribution is 0.0949. The van der Waals surface area contributed by atoms with Crippen molar-refractivity contribution in [3.63, 3.8) is 0 Å². The molecule has 1 amide bonds. The molecule has 0 aromatic carbocycles. The van der Waals surface area contributed by atoms with Gasteiger partial charge in [-0.25, -0.2) is 0 Å². The van der Waals surface area contributed by atoms with Crippen molar-refractivity contribution in [2.45, 2.75) is 13.5 Å². The Bertz CT molecular complexity index is 510. The van der Waals surface area contributed by atoms with E-state index in [1.54, 1.807) is 13.0 Å². The highest BCUT2D eigenvalue weighted by molar-refractivity contribution is 7.17. The Balaban J connectivity index is 1.93. The Morgan fingerprint density at radius 1 is 1.62 bits per heavy atom. The van der Waals surface area contributed by atoms with Crippen LogP contribution in [0.3, 0.4) is 0 Å². The van der Waals surface area contributed by atoms with Crippen molar-refractivity contribution < 1.29 is 9.32 Å². The zero-order valence-electron chi connectivity index (χ0n) is 8.23. The van der Waals surface area contributed by atoms with E-state index in [0.29, 0.717) is 11.5 Å². The lowest BCUT2D eigenvalue weighted by Gasteiger charge is -1.97. The normalized spacial score (nSPS) is 10.4. The second kappa shape index (κ2) is 4.58. The number of carbonyl (C=O) groups excluding carboxylic acids is 1. The van der Waals surface area contributed by atoms with Gasteiger partial charge in [-0.1, -0.05) is 16.5 Å². The molecule has 0 aliphatic carbocycles. The van der Waals surface area contributed by atoms with Gasteiger partial charge in [0.15, 0.2) is 0 Å². The Hall–Kier alpha value is -1.47. The minimum absolute atomic E-state index is 0.227. The molecular weight excluding hydrogens is 252 g/mol. The highest BCUT2D eigenvalue weighted by Crippen LogP contribution is 2.14. The molecular formula is C8H7ClN4O2S. The number of hydrogen-bond acceptors (Lipinski definition) is 6. The Morgan fingerprint density at radius 2 is 2.44 bits per heavy atom. The molecule has 0 atom stereocenters. The number of hydrogen-bond donors (Lipinski definition) is 1. The first-order valence-corrected chi connectivity index (χ1v) is 5.54. The zero-order valence-corrected chi connectivity index (χ0v) is 9.80. The molecule has 0 saturated heterocycles. The first-order chi connectivity index (χ1) is 7.65. The van der Waals surface area contributed by atoms with Gasteiger partial charge in [0.2, 0.25) is 9.47 Å². The lowest BCUT2D eigenvalue weighted by atomic mass is 10.4. The second-order valence-electron chi connectivity index (χ2n) is 2.97. The van der Waals surface area contributed by atoms with Crippen LogP contribution in [0.4, 0.5) is 0 Å². The van der Waals surface area contributed by atoms with Crippen LogP contribution in [-0.2, 0) is 6.54 Å². The summed E-state index contributed by atoms with van der Waals surface area (Å²) in [6, 6.07) is 1.74. The third-order valence-corrected chi connectivity index (χ3v) is 2.72. The summed E-state index contributed by atoms with van der Waals surface area (Å²) >= 11 is 6.59. The molecule has 2 rings (SSSR count). The number of amides is 1. The van der Waals surface area contributed by atoms with E-state index < -0.39 is 0 Å². The third-order valence-electron chi connectivity index (χ3n) is 1.70. The standard InChI is InChI=1S/C8H7ClN4O2S/c1-4-2-5(13-15-4)3-10-6(14)7-11-12-8(9)16-7/h2H,3H2,1H3,(H,10,14). The van der Waals surface area contributed by atoms with Crippen LogP contribution in [0.15, 0.2) is 10.6 Å². The van der Waals surface area contributed by atoms with Gasteiger partial charge in [-0.2, -0.15) is 0 Å². The van der Waals surface area contributed by atoms with Crippen LogP contribution < -0.4 is 5.32 Å². The number of aryl methyl sites for hydroxylation is 1. The number of aromatic nitrogens is 3. The fourth-order valence-electron chi connectivity index (χ4n) is 1.04. The summed E-state index contributed by atoms with van der Waals surface area (Å²) in [5, 5.41) is 13.7. The molecule has 2 aromatic rings. The molecule has 0 radical (unpaired) electrons. The van der Waals surface area contributed by atoms with Gasteiger partial charge in [-0.05, 0) is 18.5 Å². The van der Waals surface area contributed by atoms with Crippen LogP contribution in [0.2, 0.25) is 4.47 Å². The van der Waals surface area contributed by atoms with Crippen LogP contribution in [0, 0.1) is 6.92 Å². The molecule has 1 N–H and O–H groups in total. The summed E-state index contributed by atoms with van der Waals surface area (Å²) < 4.78 is 5.10. The SMILES string of the molecule is Cc1cc(CNC(=O)c2nnc(Cl)s2)no1. The lowest BCUT2D eigenvalue weighted by Crippen LogP contribution is -2.22. The largest absolute Gasteiger partial charge is 0.361 e. The first-order valence-electron chi connectivity index (χ1n) is 4.34. The second-order valence-corrected chi connectivity index (χ2v) is 4.53. The van der Waals surface area contributed by atoms with Crippen molar-refractivity contribution >= 4 is 28.8 Å². The molecule has 0 bridgehead atoms. The van der Waals surface area contributed by atoms with E-state index in [9.17, 15) is 4.79 Å². The highest BCUT2D eigenvalue weighted by Gasteiger charge is 2.12. The van der Waals surface area contributed by atoms with Crippen LogP contribution in [0.5, 0.6) is 0 Å². The predicted octanol–water partition coefficient (Wildman–Crippen LogP) is 1.42. The van der Waals surface area contributed by atoms with Crippen molar-refractivity contribution in [1.82, 2.24) is 20.7 Å². The average molecular weight is 259 g/mol. The molecule has 2 aromatic heterocycles. The summed E-state index contributed by atoms with van der Waals surface area (Å²) in [6.45, 7) is 2.07. The topological polar surface area (TPSA) is 80.9 Å². The number of halogens is 1. The number of carbonyl (C=O) groups is 1. The van der Waals surface area contributed by atoms with Crippen LogP contribution in [-0.4, -0.2) is 21.3 Å². The number of nitrogens with zero attached hydrogens (tertiary/aromatic N) is 3. The smallest absolute Gasteiger partial charge is 0.282 e. The number of nitrogens with one attached hydrogen (secondary N) is 1. The maximum Gasteiger partial charge on any atom is 0.282 e. The van der Waals surface area contributed by atoms with E-state index in [4.69, 9.17) is 16.1 Å². The molecule has 0 fully saturated rings. The van der Waals surface area contributed by atoms with Gasteiger partial charge in [0, 0.05) is 6.07 Å². The van der Waals surface area contributed by atoms with Gasteiger partial charge in [0.1, 0.15) is 11.5 Å². The summed E-state index contributed by atoms with van der Waals surface area (Å²) in [5.74, 6) is 0.369. The molecule has 6 nitrogen and oxygen atoms in total. The van der Waals surface area contributed by atoms with E-state index >= 15 is 0 Å². The van der Waals surface area contributed by atoms with Gasteiger partial charge >= 0.3 is 0 Å². The maximum atomic E-state index is 11.5. The molecule has 0 aliphatic heterocycles. The summed E-state index contributed by atoms with van der Waals surface area (Å²) in [5.41, 5.74) is 0.654. The van der Waals surface area contributed by atoms with E-state index in [1.807, 2.05) is 0 Å². The third kappa shape index (κ3) is 2.56. The van der Waals surface area contributed by atoms with Gasteiger partial charge in [-0.3, -0.25) is 4.79 Å². The Kier molecular flexibility index (Phi) is 3.16. The van der Waals surface area contributed by atoms with E-state index in [2.05, 4.69) is 20.7 Å². The molecule has 0 unspecified atom stereocenters. The zero-order chi connectivity index (χ0) is 11.5. The minimum atomic E-state index is -0.329. The van der Waals surface area contributed by atoms with E-state index in [0.717, 1.165) is 11.3 Å². The molecule has 0 spiro atoms. The molecule has 0 aliphatic rings. The molecule has 16 heavy (non-hydrogen) atoms.